The highest BCUT2D eigenvalue weighted by Gasteiger charge is 2.17. The Hall–Kier alpha value is -3.49. The number of nitrogens with one attached hydrogen (secondary N) is 3. The van der Waals surface area contributed by atoms with Gasteiger partial charge in [-0.2, -0.15) is 10.2 Å². The van der Waals surface area contributed by atoms with E-state index in [2.05, 4.69) is 25.9 Å². The lowest BCUT2D eigenvalue weighted by Gasteiger charge is -2.07. The van der Waals surface area contributed by atoms with Crippen LogP contribution in [-0.2, 0) is 7.05 Å². The minimum Gasteiger partial charge on any atom is -0.350 e. The minimum absolute atomic E-state index is 0.210. The SMILES string of the molecule is Cc1ccc(C(=O)NCCNC(=O)c2cc(-c3c(C)nn(C)c3C)n[nH]2)cc1F. The summed E-state index contributed by atoms with van der Waals surface area (Å²) in [7, 11) is 1.85. The molecule has 3 N–H and O–H groups in total. The van der Waals surface area contributed by atoms with Crippen LogP contribution in [0, 0.1) is 26.6 Å². The van der Waals surface area contributed by atoms with Crippen LogP contribution in [0.3, 0.4) is 0 Å². The number of carbonyl (C=O) groups is 2. The summed E-state index contributed by atoms with van der Waals surface area (Å²) in [5.41, 5.74) is 4.35. The van der Waals surface area contributed by atoms with Gasteiger partial charge in [-0.3, -0.25) is 19.4 Å². The Bertz CT molecular complexity index is 1070. The lowest BCUT2D eigenvalue weighted by Crippen LogP contribution is -2.34. The average molecular weight is 398 g/mol. The van der Waals surface area contributed by atoms with E-state index in [1.165, 1.54) is 6.07 Å². The number of carbonyl (C=O) groups excluding carboxylic acids is 2. The average Bonchev–Trinajstić information content (AvgIpc) is 3.25. The van der Waals surface area contributed by atoms with Crippen molar-refractivity contribution in [2.45, 2.75) is 20.8 Å². The molecule has 0 saturated carbocycles. The Labute approximate surface area is 167 Å². The molecule has 0 fully saturated rings. The summed E-state index contributed by atoms with van der Waals surface area (Å²) in [6.45, 7) is 5.89. The summed E-state index contributed by atoms with van der Waals surface area (Å²) < 4.78 is 15.3. The van der Waals surface area contributed by atoms with Crippen LogP contribution in [-0.4, -0.2) is 44.9 Å². The number of hydrogen-bond acceptors (Lipinski definition) is 4. The van der Waals surface area contributed by atoms with Gasteiger partial charge in [-0.1, -0.05) is 6.07 Å². The Balaban J connectivity index is 1.53. The maximum Gasteiger partial charge on any atom is 0.269 e. The van der Waals surface area contributed by atoms with E-state index in [1.54, 1.807) is 29.8 Å². The van der Waals surface area contributed by atoms with Gasteiger partial charge in [-0.05, 0) is 44.5 Å². The van der Waals surface area contributed by atoms with E-state index in [1.807, 2.05) is 20.9 Å². The first-order valence-electron chi connectivity index (χ1n) is 9.16. The number of halogens is 1. The Kier molecular flexibility index (Phi) is 5.76. The second kappa shape index (κ2) is 8.26. The molecule has 0 saturated heterocycles. The first-order valence-corrected chi connectivity index (χ1v) is 9.16. The van der Waals surface area contributed by atoms with Gasteiger partial charge in [-0.25, -0.2) is 4.39 Å². The number of hydrogen-bond donors (Lipinski definition) is 3. The lowest BCUT2D eigenvalue weighted by molar-refractivity contribution is 0.0925. The van der Waals surface area contributed by atoms with E-state index in [-0.39, 0.29) is 24.6 Å². The number of amides is 2. The highest BCUT2D eigenvalue weighted by molar-refractivity contribution is 5.95. The number of nitrogens with zero attached hydrogens (tertiary/aromatic N) is 3. The van der Waals surface area contributed by atoms with Crippen LogP contribution in [0.4, 0.5) is 4.39 Å². The smallest absolute Gasteiger partial charge is 0.269 e. The molecule has 0 radical (unpaired) electrons. The van der Waals surface area contributed by atoms with Crippen LogP contribution in [0.1, 0.15) is 37.8 Å². The standard InChI is InChI=1S/C20H23FN6O2/c1-11-5-6-14(9-15(11)21)19(28)22-7-8-23-20(29)17-10-16(24-25-17)18-12(2)26-27(4)13(18)3/h5-6,9-10H,7-8H2,1-4H3,(H,22,28)(H,23,29)(H,24,25). The third-order valence-electron chi connectivity index (χ3n) is 4.72. The Morgan fingerprint density at radius 1 is 1.10 bits per heavy atom. The normalized spacial score (nSPS) is 10.8. The van der Waals surface area contributed by atoms with Crippen LogP contribution in [0.2, 0.25) is 0 Å². The number of aromatic nitrogens is 4. The van der Waals surface area contributed by atoms with Crippen molar-refractivity contribution in [2.75, 3.05) is 13.1 Å². The highest BCUT2D eigenvalue weighted by atomic mass is 19.1. The van der Waals surface area contributed by atoms with Crippen molar-refractivity contribution >= 4 is 11.8 Å². The topological polar surface area (TPSA) is 105 Å². The number of benzene rings is 1. The predicted molar refractivity (Wildman–Crippen MR) is 106 cm³/mol. The quantitative estimate of drug-likeness (QED) is 0.553. The molecule has 1 aromatic carbocycles. The first-order chi connectivity index (χ1) is 13.8. The number of rotatable bonds is 6. The second-order valence-corrected chi connectivity index (χ2v) is 6.81. The summed E-state index contributed by atoms with van der Waals surface area (Å²) in [6, 6.07) is 5.96. The van der Waals surface area contributed by atoms with Crippen molar-refractivity contribution in [3.05, 3.63) is 58.3 Å². The summed E-state index contributed by atoms with van der Waals surface area (Å²) >= 11 is 0. The van der Waals surface area contributed by atoms with Crippen molar-refractivity contribution in [1.82, 2.24) is 30.6 Å². The third kappa shape index (κ3) is 4.34. The monoisotopic (exact) mass is 398 g/mol. The molecule has 0 spiro atoms. The molecule has 0 aliphatic heterocycles. The number of H-pyrrole nitrogens is 1. The van der Waals surface area contributed by atoms with E-state index in [4.69, 9.17) is 0 Å². The maximum atomic E-state index is 13.5. The van der Waals surface area contributed by atoms with Crippen molar-refractivity contribution in [1.29, 1.82) is 0 Å². The van der Waals surface area contributed by atoms with E-state index in [0.717, 1.165) is 17.0 Å². The highest BCUT2D eigenvalue weighted by Crippen LogP contribution is 2.25. The predicted octanol–water partition coefficient (Wildman–Crippen LogP) is 2.03. The van der Waals surface area contributed by atoms with Gasteiger partial charge in [0.1, 0.15) is 11.5 Å². The van der Waals surface area contributed by atoms with E-state index in [9.17, 15) is 14.0 Å². The van der Waals surface area contributed by atoms with Gasteiger partial charge in [0, 0.05) is 37.0 Å². The molecule has 152 valence electrons. The molecule has 0 unspecified atom stereocenters. The molecule has 29 heavy (non-hydrogen) atoms. The van der Waals surface area contributed by atoms with Crippen LogP contribution < -0.4 is 10.6 Å². The van der Waals surface area contributed by atoms with Crippen LogP contribution in [0.25, 0.3) is 11.3 Å². The van der Waals surface area contributed by atoms with Crippen molar-refractivity contribution in [3.63, 3.8) is 0 Å². The van der Waals surface area contributed by atoms with Gasteiger partial charge < -0.3 is 10.6 Å². The lowest BCUT2D eigenvalue weighted by atomic mass is 10.1. The van der Waals surface area contributed by atoms with Gasteiger partial charge in [-0.15, -0.1) is 0 Å². The zero-order valence-electron chi connectivity index (χ0n) is 16.8. The van der Waals surface area contributed by atoms with Crippen LogP contribution in [0.15, 0.2) is 24.3 Å². The molecule has 0 aliphatic carbocycles. The van der Waals surface area contributed by atoms with E-state index in [0.29, 0.717) is 17.0 Å². The van der Waals surface area contributed by atoms with Crippen LogP contribution >= 0.6 is 0 Å². The molecule has 9 heteroatoms. The van der Waals surface area contributed by atoms with Crippen molar-refractivity contribution in [2.24, 2.45) is 7.05 Å². The summed E-state index contributed by atoms with van der Waals surface area (Å²) in [5.74, 6) is -1.16. The maximum absolute atomic E-state index is 13.5. The van der Waals surface area contributed by atoms with Crippen molar-refractivity contribution < 1.29 is 14.0 Å². The zero-order chi connectivity index (χ0) is 21.1. The van der Waals surface area contributed by atoms with Crippen molar-refractivity contribution in [3.8, 4) is 11.3 Å². The molecule has 2 aromatic heterocycles. The zero-order valence-corrected chi connectivity index (χ0v) is 16.8. The second-order valence-electron chi connectivity index (χ2n) is 6.81. The largest absolute Gasteiger partial charge is 0.350 e. The van der Waals surface area contributed by atoms with Gasteiger partial charge in [0.25, 0.3) is 11.8 Å². The molecule has 0 bridgehead atoms. The fourth-order valence-corrected chi connectivity index (χ4v) is 2.99. The molecule has 3 aromatic rings. The number of aromatic amines is 1. The fraction of sp³-hybridized carbons (Fsp3) is 0.300. The molecule has 0 atom stereocenters. The van der Waals surface area contributed by atoms with Gasteiger partial charge >= 0.3 is 0 Å². The molecule has 2 heterocycles. The Morgan fingerprint density at radius 2 is 1.79 bits per heavy atom. The fourth-order valence-electron chi connectivity index (χ4n) is 2.99. The van der Waals surface area contributed by atoms with Gasteiger partial charge in [0.05, 0.1) is 11.4 Å². The molecular formula is C20H23FN6O2. The number of aryl methyl sites for hydroxylation is 3. The summed E-state index contributed by atoms with van der Waals surface area (Å²) in [6.07, 6.45) is 0. The Morgan fingerprint density at radius 3 is 2.41 bits per heavy atom. The van der Waals surface area contributed by atoms with E-state index < -0.39 is 11.7 Å². The van der Waals surface area contributed by atoms with Crippen LogP contribution in [0.5, 0.6) is 0 Å². The molecular weight excluding hydrogens is 375 g/mol. The molecule has 3 rings (SSSR count). The third-order valence-corrected chi connectivity index (χ3v) is 4.72. The first kappa shape index (κ1) is 20.2. The molecule has 8 nitrogen and oxygen atoms in total. The summed E-state index contributed by atoms with van der Waals surface area (Å²) in [5, 5.41) is 16.6. The van der Waals surface area contributed by atoms with Gasteiger partial charge in [0.2, 0.25) is 0 Å². The summed E-state index contributed by atoms with van der Waals surface area (Å²) in [4.78, 5) is 24.3. The molecule has 0 aliphatic rings. The minimum atomic E-state index is -0.430. The van der Waals surface area contributed by atoms with E-state index >= 15 is 0 Å². The molecule has 2 amide bonds. The van der Waals surface area contributed by atoms with Gasteiger partial charge in [0.15, 0.2) is 0 Å².